The van der Waals surface area contributed by atoms with E-state index in [4.69, 9.17) is 9.47 Å². The van der Waals surface area contributed by atoms with Gasteiger partial charge in [0.25, 0.3) is 0 Å². The molecule has 0 saturated carbocycles. The minimum absolute atomic E-state index is 0.183. The van der Waals surface area contributed by atoms with Gasteiger partial charge in [-0.1, -0.05) is 72.8 Å². The molecule has 0 aliphatic carbocycles. The average molecular weight is 391 g/mol. The summed E-state index contributed by atoms with van der Waals surface area (Å²) in [4.78, 5) is 12.0. The fraction of sp³-hybridized carbons (Fsp3) is 0.208. The molecule has 0 aliphatic heterocycles. The number of hydrogen-bond acceptors (Lipinski definition) is 4. The van der Waals surface area contributed by atoms with Crippen molar-refractivity contribution in [3.63, 3.8) is 0 Å². The van der Waals surface area contributed by atoms with Crippen molar-refractivity contribution in [3.05, 3.63) is 102 Å². The van der Waals surface area contributed by atoms with E-state index in [1.54, 1.807) is 19.1 Å². The maximum Gasteiger partial charge on any atom is 0.407 e. The van der Waals surface area contributed by atoms with Gasteiger partial charge >= 0.3 is 6.09 Å². The lowest BCUT2D eigenvalue weighted by Gasteiger charge is -2.20. The van der Waals surface area contributed by atoms with E-state index in [9.17, 15) is 9.90 Å². The van der Waals surface area contributed by atoms with Crippen LogP contribution in [-0.4, -0.2) is 17.2 Å². The first kappa shape index (κ1) is 20.4. The van der Waals surface area contributed by atoms with Crippen molar-refractivity contribution in [3.8, 4) is 5.75 Å². The summed E-state index contributed by atoms with van der Waals surface area (Å²) in [5.74, 6) is 0.715. The van der Waals surface area contributed by atoms with Gasteiger partial charge in [-0.3, -0.25) is 0 Å². The minimum Gasteiger partial charge on any atom is -0.489 e. The third-order valence-electron chi connectivity index (χ3n) is 4.50. The number of rotatable bonds is 8. The smallest absolute Gasteiger partial charge is 0.407 e. The molecule has 5 nitrogen and oxygen atoms in total. The highest BCUT2D eigenvalue weighted by Crippen LogP contribution is 2.21. The molecule has 3 aromatic carbocycles. The summed E-state index contributed by atoms with van der Waals surface area (Å²) < 4.78 is 11.0. The molecule has 0 aromatic heterocycles. The number of alkyl carbamates (subject to hydrolysis) is 1. The van der Waals surface area contributed by atoms with Gasteiger partial charge in [0, 0.05) is 0 Å². The normalized spacial score (nSPS) is 12.6. The molecular formula is C24H25NO4. The zero-order valence-electron chi connectivity index (χ0n) is 16.3. The number of amides is 1. The monoisotopic (exact) mass is 391 g/mol. The summed E-state index contributed by atoms with van der Waals surface area (Å²) in [6.45, 7) is 2.39. The lowest BCUT2D eigenvalue weighted by Crippen LogP contribution is -2.37. The second-order valence-corrected chi connectivity index (χ2v) is 6.78. The Morgan fingerprint density at radius 1 is 0.862 bits per heavy atom. The van der Waals surface area contributed by atoms with E-state index in [0.29, 0.717) is 17.9 Å². The highest BCUT2D eigenvalue weighted by Gasteiger charge is 2.19. The fourth-order valence-corrected chi connectivity index (χ4v) is 2.82. The zero-order chi connectivity index (χ0) is 20.5. The van der Waals surface area contributed by atoms with E-state index in [-0.39, 0.29) is 6.61 Å². The standard InChI is InChI=1S/C24H25NO4/c1-18(25-24(27)29-17-20-10-6-3-7-11-20)23(26)21-12-14-22(15-13-21)28-16-19-8-4-2-5-9-19/h2-15,18,23,26H,16-17H2,1H3,(H,25,27)/t18?,23-/m1/s1. The van der Waals surface area contributed by atoms with Gasteiger partial charge in [-0.05, 0) is 35.7 Å². The molecule has 0 spiro atoms. The molecule has 3 aromatic rings. The van der Waals surface area contributed by atoms with E-state index in [0.717, 1.165) is 11.1 Å². The van der Waals surface area contributed by atoms with Crippen molar-refractivity contribution in [1.29, 1.82) is 0 Å². The summed E-state index contributed by atoms with van der Waals surface area (Å²) in [5.41, 5.74) is 2.68. The van der Waals surface area contributed by atoms with Crippen LogP contribution in [0.4, 0.5) is 4.79 Å². The van der Waals surface area contributed by atoms with Crippen LogP contribution in [0.15, 0.2) is 84.9 Å². The van der Waals surface area contributed by atoms with E-state index in [1.165, 1.54) is 0 Å². The zero-order valence-corrected chi connectivity index (χ0v) is 16.3. The van der Waals surface area contributed by atoms with Crippen molar-refractivity contribution in [2.75, 3.05) is 0 Å². The molecule has 5 heteroatoms. The van der Waals surface area contributed by atoms with Crippen LogP contribution in [0.25, 0.3) is 0 Å². The number of carbonyl (C=O) groups excluding carboxylic acids is 1. The van der Waals surface area contributed by atoms with Crippen LogP contribution in [0.3, 0.4) is 0 Å². The number of benzene rings is 3. The molecule has 0 fully saturated rings. The highest BCUT2D eigenvalue weighted by molar-refractivity contribution is 5.67. The van der Waals surface area contributed by atoms with E-state index >= 15 is 0 Å². The van der Waals surface area contributed by atoms with Gasteiger partial charge in [-0.25, -0.2) is 4.79 Å². The number of ether oxygens (including phenoxy) is 2. The van der Waals surface area contributed by atoms with Crippen LogP contribution in [0.5, 0.6) is 5.75 Å². The quantitative estimate of drug-likeness (QED) is 0.588. The Morgan fingerprint density at radius 2 is 1.41 bits per heavy atom. The van der Waals surface area contributed by atoms with Crippen LogP contribution >= 0.6 is 0 Å². The van der Waals surface area contributed by atoms with Gasteiger partial charge in [-0.15, -0.1) is 0 Å². The number of nitrogens with one attached hydrogen (secondary N) is 1. The summed E-state index contributed by atoms with van der Waals surface area (Å²) in [6, 6.07) is 26.0. The lowest BCUT2D eigenvalue weighted by atomic mass is 10.0. The van der Waals surface area contributed by atoms with E-state index in [1.807, 2.05) is 72.8 Å². The van der Waals surface area contributed by atoms with Crippen molar-refractivity contribution in [1.82, 2.24) is 5.32 Å². The number of carbonyl (C=O) groups is 1. The van der Waals surface area contributed by atoms with Crippen molar-refractivity contribution in [2.45, 2.75) is 32.3 Å². The van der Waals surface area contributed by atoms with Crippen molar-refractivity contribution >= 4 is 6.09 Å². The molecule has 0 aliphatic rings. The van der Waals surface area contributed by atoms with Crippen LogP contribution < -0.4 is 10.1 Å². The first-order chi connectivity index (χ1) is 14.1. The van der Waals surface area contributed by atoms with Gasteiger partial charge in [0.2, 0.25) is 0 Å². The summed E-state index contributed by atoms with van der Waals surface area (Å²) >= 11 is 0. The Hall–Kier alpha value is -3.31. The predicted molar refractivity (Wildman–Crippen MR) is 111 cm³/mol. The van der Waals surface area contributed by atoms with E-state index in [2.05, 4.69) is 5.32 Å². The van der Waals surface area contributed by atoms with Gasteiger partial charge in [0.15, 0.2) is 0 Å². The van der Waals surface area contributed by atoms with Gasteiger partial charge in [-0.2, -0.15) is 0 Å². The Labute approximate surface area is 170 Å². The van der Waals surface area contributed by atoms with Crippen LogP contribution in [0.1, 0.15) is 29.7 Å². The number of aliphatic hydroxyl groups is 1. The Bertz CT molecular complexity index is 882. The molecule has 1 amide bonds. The summed E-state index contributed by atoms with van der Waals surface area (Å²) in [6.07, 6.45) is -1.43. The third-order valence-corrected chi connectivity index (χ3v) is 4.50. The second kappa shape index (κ2) is 10.3. The minimum atomic E-state index is -0.859. The highest BCUT2D eigenvalue weighted by atomic mass is 16.5. The Morgan fingerprint density at radius 3 is 2.00 bits per heavy atom. The van der Waals surface area contributed by atoms with Crippen LogP contribution in [0, 0.1) is 0 Å². The molecule has 3 rings (SSSR count). The fourth-order valence-electron chi connectivity index (χ4n) is 2.82. The first-order valence-corrected chi connectivity index (χ1v) is 9.54. The molecule has 29 heavy (non-hydrogen) atoms. The van der Waals surface area contributed by atoms with E-state index < -0.39 is 18.2 Å². The lowest BCUT2D eigenvalue weighted by molar-refractivity contribution is 0.106. The SMILES string of the molecule is CC(NC(=O)OCc1ccccc1)[C@@H](O)c1ccc(OCc2ccccc2)cc1. The Kier molecular flexibility index (Phi) is 7.25. The molecular weight excluding hydrogens is 366 g/mol. The topological polar surface area (TPSA) is 67.8 Å². The summed E-state index contributed by atoms with van der Waals surface area (Å²) in [7, 11) is 0. The number of aliphatic hydroxyl groups excluding tert-OH is 1. The third kappa shape index (κ3) is 6.36. The Balaban J connectivity index is 1.47. The van der Waals surface area contributed by atoms with Crippen molar-refractivity contribution in [2.24, 2.45) is 0 Å². The molecule has 1 unspecified atom stereocenters. The van der Waals surface area contributed by atoms with Crippen LogP contribution in [-0.2, 0) is 18.0 Å². The molecule has 150 valence electrons. The predicted octanol–water partition coefficient (Wildman–Crippen LogP) is 4.61. The molecule has 0 saturated heterocycles. The second-order valence-electron chi connectivity index (χ2n) is 6.78. The first-order valence-electron chi connectivity index (χ1n) is 9.54. The summed E-state index contributed by atoms with van der Waals surface area (Å²) in [5, 5.41) is 13.2. The molecule has 0 heterocycles. The molecule has 2 atom stereocenters. The number of hydrogen-bond donors (Lipinski definition) is 2. The maximum absolute atomic E-state index is 12.0. The molecule has 0 bridgehead atoms. The van der Waals surface area contributed by atoms with Gasteiger partial charge < -0.3 is 19.9 Å². The largest absolute Gasteiger partial charge is 0.489 e. The van der Waals surface area contributed by atoms with Crippen molar-refractivity contribution < 1.29 is 19.4 Å². The molecule has 2 N–H and O–H groups in total. The van der Waals surface area contributed by atoms with Gasteiger partial charge in [0.05, 0.1) is 12.1 Å². The van der Waals surface area contributed by atoms with Crippen LogP contribution in [0.2, 0.25) is 0 Å². The molecule has 0 radical (unpaired) electrons. The average Bonchev–Trinajstić information content (AvgIpc) is 2.77. The van der Waals surface area contributed by atoms with Gasteiger partial charge in [0.1, 0.15) is 19.0 Å². The maximum atomic E-state index is 12.0.